The van der Waals surface area contributed by atoms with Crippen LogP contribution in [-0.2, 0) is 17.7 Å². The van der Waals surface area contributed by atoms with E-state index in [-0.39, 0.29) is 12.0 Å². The Morgan fingerprint density at radius 2 is 2.00 bits per heavy atom. The second-order valence-electron chi connectivity index (χ2n) is 6.11. The topological polar surface area (TPSA) is 84.7 Å². The van der Waals surface area contributed by atoms with Gasteiger partial charge in [-0.15, -0.1) is 0 Å². The van der Waals surface area contributed by atoms with Gasteiger partial charge >= 0.3 is 6.09 Å². The van der Waals surface area contributed by atoms with E-state index in [1.165, 1.54) is 0 Å². The van der Waals surface area contributed by atoms with Crippen molar-refractivity contribution in [2.45, 2.75) is 39.3 Å². The van der Waals surface area contributed by atoms with Gasteiger partial charge in [0.2, 0.25) is 0 Å². The molecule has 0 aliphatic carbocycles. The summed E-state index contributed by atoms with van der Waals surface area (Å²) in [7, 11) is 0. The standard InChI is InChI=1S/C15H21N3O3/c1-15(2,3)21-14(20)18-7-6-10-8-11(13(19)17-16)4-5-12(10)9-18/h4-5,8H,6-7,9,16H2,1-3H3,(H,17,19). The average Bonchev–Trinajstić information content (AvgIpc) is 2.43. The molecule has 1 aromatic rings. The van der Waals surface area contributed by atoms with Gasteiger partial charge in [-0.1, -0.05) is 6.07 Å². The highest BCUT2D eigenvalue weighted by molar-refractivity contribution is 5.94. The number of ether oxygens (including phenoxy) is 1. The smallest absolute Gasteiger partial charge is 0.410 e. The average molecular weight is 291 g/mol. The van der Waals surface area contributed by atoms with Gasteiger partial charge < -0.3 is 9.64 Å². The van der Waals surface area contributed by atoms with Crippen LogP contribution in [0, 0.1) is 0 Å². The van der Waals surface area contributed by atoms with Gasteiger partial charge in [0.1, 0.15) is 5.60 Å². The fraction of sp³-hybridized carbons (Fsp3) is 0.467. The molecule has 21 heavy (non-hydrogen) atoms. The summed E-state index contributed by atoms with van der Waals surface area (Å²) in [5, 5.41) is 0. The predicted octanol–water partition coefficient (Wildman–Crippen LogP) is 1.58. The number of fused-ring (bicyclic) bond motifs is 1. The Morgan fingerprint density at radius 3 is 2.62 bits per heavy atom. The third kappa shape index (κ3) is 3.72. The van der Waals surface area contributed by atoms with Crippen molar-refractivity contribution in [2.24, 2.45) is 5.84 Å². The molecular weight excluding hydrogens is 270 g/mol. The molecule has 0 aromatic heterocycles. The van der Waals surface area contributed by atoms with E-state index in [0.29, 0.717) is 25.1 Å². The number of hydrazine groups is 1. The van der Waals surface area contributed by atoms with Crippen molar-refractivity contribution in [1.82, 2.24) is 10.3 Å². The normalized spacial score (nSPS) is 14.4. The van der Waals surface area contributed by atoms with Gasteiger partial charge in [0.15, 0.2) is 0 Å². The minimum absolute atomic E-state index is 0.308. The first kappa shape index (κ1) is 15.3. The number of carbonyl (C=O) groups excluding carboxylic acids is 2. The van der Waals surface area contributed by atoms with Gasteiger partial charge in [-0.2, -0.15) is 0 Å². The van der Waals surface area contributed by atoms with Crippen molar-refractivity contribution >= 4 is 12.0 Å². The van der Waals surface area contributed by atoms with Gasteiger partial charge in [0.25, 0.3) is 5.91 Å². The number of hydrogen-bond donors (Lipinski definition) is 2. The number of nitrogens with two attached hydrogens (primary N) is 1. The summed E-state index contributed by atoms with van der Waals surface area (Å²) in [5.41, 5.74) is 4.24. The summed E-state index contributed by atoms with van der Waals surface area (Å²) in [4.78, 5) is 25.3. The highest BCUT2D eigenvalue weighted by Gasteiger charge is 2.26. The van der Waals surface area contributed by atoms with Gasteiger partial charge in [-0.05, 0) is 50.5 Å². The minimum Gasteiger partial charge on any atom is -0.444 e. The summed E-state index contributed by atoms with van der Waals surface area (Å²) in [6, 6.07) is 5.39. The number of carbonyl (C=O) groups is 2. The van der Waals surface area contributed by atoms with Crippen LogP contribution in [0.1, 0.15) is 42.3 Å². The molecule has 1 aliphatic rings. The van der Waals surface area contributed by atoms with E-state index in [1.54, 1.807) is 11.0 Å². The van der Waals surface area contributed by atoms with Crippen LogP contribution in [0.15, 0.2) is 18.2 Å². The molecule has 1 aromatic carbocycles. The van der Waals surface area contributed by atoms with Crippen molar-refractivity contribution in [3.8, 4) is 0 Å². The first-order valence-corrected chi connectivity index (χ1v) is 6.91. The Labute approximate surface area is 124 Å². The molecule has 1 aliphatic heterocycles. The van der Waals surface area contributed by atoms with Crippen molar-refractivity contribution in [2.75, 3.05) is 6.54 Å². The molecule has 0 unspecified atom stereocenters. The van der Waals surface area contributed by atoms with Crippen LogP contribution in [0.25, 0.3) is 0 Å². The quantitative estimate of drug-likeness (QED) is 0.467. The van der Waals surface area contributed by atoms with Gasteiger partial charge in [-0.3, -0.25) is 10.2 Å². The SMILES string of the molecule is CC(C)(C)OC(=O)N1CCc2cc(C(=O)NN)ccc2C1. The molecular formula is C15H21N3O3. The maximum absolute atomic E-state index is 12.1. The molecule has 2 rings (SSSR count). The first-order valence-electron chi connectivity index (χ1n) is 6.91. The molecule has 0 saturated heterocycles. The maximum Gasteiger partial charge on any atom is 0.410 e. The second kappa shape index (κ2) is 5.73. The number of nitrogens with one attached hydrogen (secondary N) is 1. The lowest BCUT2D eigenvalue weighted by Gasteiger charge is -2.31. The highest BCUT2D eigenvalue weighted by Crippen LogP contribution is 2.22. The van der Waals surface area contributed by atoms with E-state index in [0.717, 1.165) is 11.1 Å². The Balaban J connectivity index is 2.11. The maximum atomic E-state index is 12.1. The molecule has 0 bridgehead atoms. The monoisotopic (exact) mass is 291 g/mol. The molecule has 114 valence electrons. The molecule has 0 saturated carbocycles. The summed E-state index contributed by atoms with van der Waals surface area (Å²) < 4.78 is 5.38. The van der Waals surface area contributed by atoms with E-state index < -0.39 is 5.60 Å². The summed E-state index contributed by atoms with van der Waals surface area (Å²) >= 11 is 0. The van der Waals surface area contributed by atoms with Gasteiger partial charge in [0, 0.05) is 18.7 Å². The van der Waals surface area contributed by atoms with E-state index in [2.05, 4.69) is 5.43 Å². The zero-order chi connectivity index (χ0) is 15.6. The number of hydrogen-bond acceptors (Lipinski definition) is 4. The second-order valence-corrected chi connectivity index (χ2v) is 6.11. The van der Waals surface area contributed by atoms with Crippen molar-refractivity contribution in [3.63, 3.8) is 0 Å². The Morgan fingerprint density at radius 1 is 1.29 bits per heavy atom. The molecule has 2 amide bonds. The van der Waals surface area contributed by atoms with Crippen molar-refractivity contribution in [1.29, 1.82) is 0 Å². The number of nitrogen functional groups attached to an aromatic ring is 1. The highest BCUT2D eigenvalue weighted by atomic mass is 16.6. The summed E-state index contributed by atoms with van der Waals surface area (Å²) in [5.74, 6) is 4.82. The van der Waals surface area contributed by atoms with Crippen LogP contribution < -0.4 is 11.3 Å². The molecule has 3 N–H and O–H groups in total. The fourth-order valence-corrected chi connectivity index (χ4v) is 2.26. The zero-order valence-corrected chi connectivity index (χ0v) is 12.6. The van der Waals surface area contributed by atoms with Crippen LogP contribution in [0.4, 0.5) is 4.79 Å². The third-order valence-corrected chi connectivity index (χ3v) is 3.26. The van der Waals surface area contributed by atoms with E-state index in [4.69, 9.17) is 10.6 Å². The largest absolute Gasteiger partial charge is 0.444 e. The molecule has 0 spiro atoms. The van der Waals surface area contributed by atoms with Crippen LogP contribution in [0.3, 0.4) is 0 Å². The molecule has 0 radical (unpaired) electrons. The lowest BCUT2D eigenvalue weighted by atomic mass is 9.97. The molecule has 6 nitrogen and oxygen atoms in total. The van der Waals surface area contributed by atoms with E-state index in [1.807, 2.05) is 32.9 Å². The van der Waals surface area contributed by atoms with E-state index >= 15 is 0 Å². The number of nitrogens with zero attached hydrogens (tertiary/aromatic N) is 1. The van der Waals surface area contributed by atoms with Gasteiger partial charge in [0.05, 0.1) is 0 Å². The number of amides is 2. The van der Waals surface area contributed by atoms with Crippen LogP contribution in [-0.4, -0.2) is 29.0 Å². The zero-order valence-electron chi connectivity index (χ0n) is 12.6. The lowest BCUT2D eigenvalue weighted by Crippen LogP contribution is -2.40. The predicted molar refractivity (Wildman–Crippen MR) is 78.4 cm³/mol. The summed E-state index contributed by atoms with van der Waals surface area (Å²) in [6.45, 7) is 6.62. The molecule has 1 heterocycles. The molecule has 0 fully saturated rings. The number of benzene rings is 1. The Kier molecular flexibility index (Phi) is 4.18. The van der Waals surface area contributed by atoms with Crippen LogP contribution in [0.5, 0.6) is 0 Å². The van der Waals surface area contributed by atoms with E-state index in [9.17, 15) is 9.59 Å². The van der Waals surface area contributed by atoms with Crippen molar-refractivity contribution < 1.29 is 14.3 Å². The first-order chi connectivity index (χ1) is 9.80. The Bertz CT molecular complexity index is 564. The molecule has 0 atom stereocenters. The van der Waals surface area contributed by atoms with Crippen molar-refractivity contribution in [3.05, 3.63) is 34.9 Å². The van der Waals surface area contributed by atoms with Crippen LogP contribution in [0.2, 0.25) is 0 Å². The number of rotatable bonds is 1. The third-order valence-electron chi connectivity index (χ3n) is 3.26. The lowest BCUT2D eigenvalue weighted by molar-refractivity contribution is 0.0224. The molecule has 6 heteroatoms. The van der Waals surface area contributed by atoms with Gasteiger partial charge in [-0.25, -0.2) is 10.6 Å². The fourth-order valence-electron chi connectivity index (χ4n) is 2.26. The van der Waals surface area contributed by atoms with Crippen LogP contribution >= 0.6 is 0 Å². The minimum atomic E-state index is -0.500. The summed E-state index contributed by atoms with van der Waals surface area (Å²) in [6.07, 6.45) is 0.386. The Hall–Kier alpha value is -2.08.